The molecule has 0 N–H and O–H groups in total. The van der Waals surface area contributed by atoms with Crippen LogP contribution in [0.15, 0.2) is 0 Å². The van der Waals surface area contributed by atoms with Crippen LogP contribution in [0.3, 0.4) is 0 Å². The maximum Gasteiger partial charge on any atom is 0.00434 e. The molecule has 13 heavy (non-hydrogen) atoms. The number of halogens is 1. The number of hydrogen-bond acceptors (Lipinski definition) is 1. The Bertz CT molecular complexity index is 106. The highest BCUT2D eigenvalue weighted by Gasteiger charge is 2.06. The molecule has 0 amide bonds. The smallest absolute Gasteiger partial charge is 0.00434 e. The second-order valence-electron chi connectivity index (χ2n) is 3.83. The second kappa shape index (κ2) is 9.01. The van der Waals surface area contributed by atoms with Crippen LogP contribution in [-0.2, 0) is 0 Å². The Morgan fingerprint density at radius 2 is 2.00 bits per heavy atom. The molecule has 0 radical (unpaired) electrons. The fraction of sp³-hybridized carbons (Fsp3) is 1.00. The van der Waals surface area contributed by atoms with Crippen LogP contribution in [0, 0.1) is 5.92 Å². The maximum atomic E-state index is 3.48. The Morgan fingerprint density at radius 3 is 2.46 bits per heavy atom. The first-order valence-electron chi connectivity index (χ1n) is 5.52. The van der Waals surface area contributed by atoms with Gasteiger partial charge in [0.1, 0.15) is 0 Å². The van der Waals surface area contributed by atoms with Gasteiger partial charge in [0.05, 0.1) is 0 Å². The van der Waals surface area contributed by atoms with Crippen LogP contribution in [0.5, 0.6) is 0 Å². The van der Waals surface area contributed by atoms with E-state index in [4.69, 9.17) is 0 Å². The summed E-state index contributed by atoms with van der Waals surface area (Å²) in [6.45, 7) is 10.6. The molecule has 0 spiro atoms. The van der Waals surface area contributed by atoms with Gasteiger partial charge in [0.15, 0.2) is 0 Å². The molecule has 0 rings (SSSR count). The van der Waals surface area contributed by atoms with Gasteiger partial charge in [-0.15, -0.1) is 0 Å². The molecule has 0 bridgehead atoms. The summed E-state index contributed by atoms with van der Waals surface area (Å²) < 4.78 is 0. The molecule has 0 aromatic heterocycles. The third kappa shape index (κ3) is 7.51. The Hall–Kier alpha value is 0.440. The average Bonchev–Trinajstić information content (AvgIpc) is 2.12. The van der Waals surface area contributed by atoms with Gasteiger partial charge in [0.25, 0.3) is 0 Å². The van der Waals surface area contributed by atoms with Gasteiger partial charge < -0.3 is 4.90 Å². The molecule has 1 nitrogen and oxygen atoms in total. The minimum Gasteiger partial charge on any atom is -0.303 e. The van der Waals surface area contributed by atoms with E-state index < -0.39 is 0 Å². The fourth-order valence-electron chi connectivity index (χ4n) is 1.69. The molecule has 0 saturated heterocycles. The molecule has 1 unspecified atom stereocenters. The van der Waals surface area contributed by atoms with E-state index >= 15 is 0 Å². The Balaban J connectivity index is 3.56. The van der Waals surface area contributed by atoms with Crippen molar-refractivity contribution in [2.24, 2.45) is 5.92 Å². The van der Waals surface area contributed by atoms with Crippen LogP contribution in [0.4, 0.5) is 0 Å². The van der Waals surface area contributed by atoms with Crippen molar-refractivity contribution >= 4 is 15.9 Å². The summed E-state index contributed by atoms with van der Waals surface area (Å²) >= 11 is 3.48. The van der Waals surface area contributed by atoms with Crippen molar-refractivity contribution in [1.82, 2.24) is 4.90 Å². The third-order valence-electron chi connectivity index (χ3n) is 2.41. The van der Waals surface area contributed by atoms with Gasteiger partial charge in [0, 0.05) is 11.9 Å². The lowest BCUT2D eigenvalue weighted by Gasteiger charge is -2.23. The molecule has 0 saturated carbocycles. The van der Waals surface area contributed by atoms with Crippen molar-refractivity contribution < 1.29 is 0 Å². The van der Waals surface area contributed by atoms with Gasteiger partial charge in [-0.1, -0.05) is 43.1 Å². The largest absolute Gasteiger partial charge is 0.303 e. The number of rotatable bonds is 8. The van der Waals surface area contributed by atoms with E-state index in [1.165, 1.54) is 38.9 Å². The summed E-state index contributed by atoms with van der Waals surface area (Å²) in [5.74, 6) is 0.861. The summed E-state index contributed by atoms with van der Waals surface area (Å²) in [6, 6.07) is 0. The summed E-state index contributed by atoms with van der Waals surface area (Å²) in [4.78, 5) is 2.56. The first-order chi connectivity index (χ1) is 6.24. The predicted molar refractivity (Wildman–Crippen MR) is 64.6 cm³/mol. The SMILES string of the molecule is CCCC(C)CN(CC)CCCBr. The fourth-order valence-corrected chi connectivity index (χ4v) is 1.94. The second-order valence-corrected chi connectivity index (χ2v) is 4.62. The molecule has 1 atom stereocenters. The lowest BCUT2D eigenvalue weighted by Crippen LogP contribution is -2.29. The molecule has 0 aliphatic carbocycles. The minimum atomic E-state index is 0.861. The number of hydrogen-bond donors (Lipinski definition) is 0. The van der Waals surface area contributed by atoms with E-state index in [9.17, 15) is 0 Å². The zero-order chi connectivity index (χ0) is 10.1. The number of alkyl halides is 1. The quantitative estimate of drug-likeness (QED) is 0.596. The first-order valence-corrected chi connectivity index (χ1v) is 6.65. The van der Waals surface area contributed by atoms with Crippen molar-refractivity contribution in [3.63, 3.8) is 0 Å². The van der Waals surface area contributed by atoms with Crippen molar-refractivity contribution in [3.05, 3.63) is 0 Å². The monoisotopic (exact) mass is 249 g/mol. The maximum absolute atomic E-state index is 3.48. The van der Waals surface area contributed by atoms with Crippen LogP contribution >= 0.6 is 15.9 Å². The molecular formula is C11H24BrN. The summed E-state index contributed by atoms with van der Waals surface area (Å²) in [6.07, 6.45) is 3.95. The molecule has 2 heteroatoms. The summed E-state index contributed by atoms with van der Waals surface area (Å²) in [5.41, 5.74) is 0. The normalized spacial score (nSPS) is 13.6. The number of nitrogens with zero attached hydrogens (tertiary/aromatic N) is 1. The first kappa shape index (κ1) is 13.4. The van der Waals surface area contributed by atoms with Crippen LogP contribution < -0.4 is 0 Å². The van der Waals surface area contributed by atoms with E-state index in [1.807, 2.05) is 0 Å². The standard InChI is InChI=1S/C11H24BrN/c1-4-7-11(3)10-13(5-2)9-6-8-12/h11H,4-10H2,1-3H3. The van der Waals surface area contributed by atoms with E-state index in [0.29, 0.717) is 0 Å². The minimum absolute atomic E-state index is 0.861. The van der Waals surface area contributed by atoms with Gasteiger partial charge in [0.2, 0.25) is 0 Å². The molecule has 0 aliphatic heterocycles. The Morgan fingerprint density at radius 1 is 1.31 bits per heavy atom. The third-order valence-corrected chi connectivity index (χ3v) is 2.97. The lowest BCUT2D eigenvalue weighted by molar-refractivity contribution is 0.243. The molecule has 0 heterocycles. The van der Waals surface area contributed by atoms with Gasteiger partial charge in [-0.2, -0.15) is 0 Å². The zero-order valence-electron chi connectivity index (χ0n) is 9.35. The van der Waals surface area contributed by atoms with Crippen LogP contribution in [0.1, 0.15) is 40.0 Å². The van der Waals surface area contributed by atoms with Gasteiger partial charge >= 0.3 is 0 Å². The highest BCUT2D eigenvalue weighted by Crippen LogP contribution is 2.07. The molecule has 0 aromatic carbocycles. The molecule has 0 aromatic rings. The molecule has 0 fully saturated rings. The lowest BCUT2D eigenvalue weighted by atomic mass is 10.1. The topological polar surface area (TPSA) is 3.24 Å². The average molecular weight is 250 g/mol. The van der Waals surface area contributed by atoms with Crippen molar-refractivity contribution in [1.29, 1.82) is 0 Å². The highest BCUT2D eigenvalue weighted by atomic mass is 79.9. The van der Waals surface area contributed by atoms with Crippen molar-refractivity contribution in [2.75, 3.05) is 25.0 Å². The van der Waals surface area contributed by atoms with Crippen LogP contribution in [0.2, 0.25) is 0 Å². The molecule has 0 aliphatic rings. The Labute approximate surface area is 92.0 Å². The van der Waals surface area contributed by atoms with E-state index in [0.717, 1.165) is 11.2 Å². The predicted octanol–water partition coefficient (Wildman–Crippen LogP) is 3.53. The Kier molecular flexibility index (Phi) is 9.32. The van der Waals surface area contributed by atoms with Crippen molar-refractivity contribution in [2.45, 2.75) is 40.0 Å². The van der Waals surface area contributed by atoms with Gasteiger partial charge in [-0.25, -0.2) is 0 Å². The van der Waals surface area contributed by atoms with Crippen LogP contribution in [0.25, 0.3) is 0 Å². The van der Waals surface area contributed by atoms with Crippen LogP contribution in [-0.4, -0.2) is 29.9 Å². The molecular weight excluding hydrogens is 226 g/mol. The zero-order valence-corrected chi connectivity index (χ0v) is 10.9. The molecule has 80 valence electrons. The van der Waals surface area contributed by atoms with Crippen molar-refractivity contribution in [3.8, 4) is 0 Å². The summed E-state index contributed by atoms with van der Waals surface area (Å²) in [5, 5.41) is 1.13. The van der Waals surface area contributed by atoms with Gasteiger partial charge in [-0.05, 0) is 31.8 Å². The summed E-state index contributed by atoms with van der Waals surface area (Å²) in [7, 11) is 0. The van der Waals surface area contributed by atoms with E-state index in [-0.39, 0.29) is 0 Å². The van der Waals surface area contributed by atoms with Gasteiger partial charge in [-0.3, -0.25) is 0 Å². The highest BCUT2D eigenvalue weighted by molar-refractivity contribution is 9.09. The van der Waals surface area contributed by atoms with E-state index in [2.05, 4.69) is 41.6 Å². The van der Waals surface area contributed by atoms with E-state index in [1.54, 1.807) is 0 Å².